The molecule has 1 fully saturated rings. The number of benzene rings is 2. The van der Waals surface area contributed by atoms with Crippen molar-refractivity contribution in [3.05, 3.63) is 58.9 Å². The number of carbonyl (C=O) groups excluding carboxylic acids is 1. The molecule has 0 bridgehead atoms. The van der Waals surface area contributed by atoms with Crippen LogP contribution >= 0.6 is 11.6 Å². The lowest BCUT2D eigenvalue weighted by molar-refractivity contribution is 0.0683. The Balaban J connectivity index is 1.73. The molecule has 3 rings (SSSR count). The number of piperidine rings is 1. The van der Waals surface area contributed by atoms with Gasteiger partial charge in [-0.25, -0.2) is 12.8 Å². The zero-order valence-corrected chi connectivity index (χ0v) is 16.4. The van der Waals surface area contributed by atoms with Crippen LogP contribution in [-0.4, -0.2) is 32.3 Å². The molecule has 1 N–H and O–H groups in total. The first-order chi connectivity index (χ1) is 12.8. The SMILES string of the molecule is C[C@H]1CCCN(C(=O)c2ccc(NS(=O)(=O)c3ccc(F)c(Cl)c3)cc2)C1. The van der Waals surface area contributed by atoms with Crippen molar-refractivity contribution in [1.82, 2.24) is 4.90 Å². The quantitative estimate of drug-likeness (QED) is 0.823. The lowest BCUT2D eigenvalue weighted by Crippen LogP contribution is -2.39. The predicted molar refractivity (Wildman–Crippen MR) is 103 cm³/mol. The van der Waals surface area contributed by atoms with Gasteiger partial charge in [-0.05, 0) is 61.2 Å². The number of carbonyl (C=O) groups is 1. The van der Waals surface area contributed by atoms with Gasteiger partial charge in [0.25, 0.3) is 15.9 Å². The second-order valence-electron chi connectivity index (χ2n) is 6.76. The molecule has 2 aromatic rings. The fourth-order valence-electron chi connectivity index (χ4n) is 3.10. The Hall–Kier alpha value is -2.12. The van der Waals surface area contributed by atoms with E-state index in [9.17, 15) is 17.6 Å². The van der Waals surface area contributed by atoms with E-state index in [1.54, 1.807) is 12.1 Å². The Kier molecular flexibility index (Phi) is 5.72. The molecule has 1 heterocycles. The van der Waals surface area contributed by atoms with Crippen molar-refractivity contribution < 1.29 is 17.6 Å². The van der Waals surface area contributed by atoms with Gasteiger partial charge in [0.15, 0.2) is 0 Å². The molecule has 1 saturated heterocycles. The molecule has 1 amide bonds. The Morgan fingerprint density at radius 2 is 1.93 bits per heavy atom. The highest BCUT2D eigenvalue weighted by Gasteiger charge is 2.22. The van der Waals surface area contributed by atoms with E-state index in [0.717, 1.165) is 44.1 Å². The molecule has 8 heteroatoms. The van der Waals surface area contributed by atoms with Gasteiger partial charge in [0.05, 0.1) is 9.92 Å². The average Bonchev–Trinajstić information content (AvgIpc) is 2.63. The zero-order valence-electron chi connectivity index (χ0n) is 14.8. The number of anilines is 1. The standard InChI is InChI=1S/C19H20ClFN2O3S/c1-13-3-2-10-23(12-13)19(24)14-4-6-15(7-5-14)22-27(25,26)16-8-9-18(21)17(20)11-16/h4-9,11,13,22H,2-3,10,12H2,1H3/t13-/m0/s1. The van der Waals surface area contributed by atoms with E-state index in [1.807, 2.05) is 4.90 Å². The largest absolute Gasteiger partial charge is 0.338 e. The summed E-state index contributed by atoms with van der Waals surface area (Å²) in [5, 5.41) is -0.269. The first-order valence-electron chi connectivity index (χ1n) is 8.63. The monoisotopic (exact) mass is 410 g/mol. The maximum atomic E-state index is 13.2. The Labute approximate surface area is 163 Å². The Morgan fingerprint density at radius 1 is 1.22 bits per heavy atom. The molecule has 1 aliphatic heterocycles. The van der Waals surface area contributed by atoms with Crippen molar-refractivity contribution >= 4 is 33.2 Å². The summed E-state index contributed by atoms with van der Waals surface area (Å²) in [4.78, 5) is 14.3. The molecule has 27 heavy (non-hydrogen) atoms. The van der Waals surface area contributed by atoms with Crippen LogP contribution in [0.1, 0.15) is 30.1 Å². The smallest absolute Gasteiger partial charge is 0.261 e. The molecule has 0 spiro atoms. The summed E-state index contributed by atoms with van der Waals surface area (Å²) >= 11 is 5.65. The van der Waals surface area contributed by atoms with Crippen molar-refractivity contribution in [3.63, 3.8) is 0 Å². The summed E-state index contributed by atoms with van der Waals surface area (Å²) in [5.74, 6) is -0.261. The average molecular weight is 411 g/mol. The van der Waals surface area contributed by atoms with Crippen LogP contribution in [0.4, 0.5) is 10.1 Å². The molecule has 1 atom stereocenters. The van der Waals surface area contributed by atoms with Crippen LogP contribution in [0.3, 0.4) is 0 Å². The normalized spacial score (nSPS) is 17.6. The van der Waals surface area contributed by atoms with Gasteiger partial charge >= 0.3 is 0 Å². The molecule has 0 radical (unpaired) electrons. The summed E-state index contributed by atoms with van der Waals surface area (Å²) < 4.78 is 40.4. The van der Waals surface area contributed by atoms with Crippen molar-refractivity contribution in [2.75, 3.05) is 17.8 Å². The van der Waals surface area contributed by atoms with Gasteiger partial charge in [-0.2, -0.15) is 0 Å². The lowest BCUT2D eigenvalue weighted by Gasteiger charge is -2.31. The van der Waals surface area contributed by atoms with Crippen LogP contribution in [0.25, 0.3) is 0 Å². The van der Waals surface area contributed by atoms with E-state index in [2.05, 4.69) is 11.6 Å². The van der Waals surface area contributed by atoms with E-state index >= 15 is 0 Å². The van der Waals surface area contributed by atoms with Gasteiger partial charge < -0.3 is 4.90 Å². The van der Waals surface area contributed by atoms with Crippen molar-refractivity contribution in [2.45, 2.75) is 24.7 Å². The maximum absolute atomic E-state index is 13.2. The van der Waals surface area contributed by atoms with Gasteiger partial charge in [0, 0.05) is 24.3 Å². The fourth-order valence-corrected chi connectivity index (χ4v) is 4.43. The van der Waals surface area contributed by atoms with Crippen LogP contribution in [0.2, 0.25) is 5.02 Å². The fraction of sp³-hybridized carbons (Fsp3) is 0.316. The number of nitrogens with one attached hydrogen (secondary N) is 1. The highest BCUT2D eigenvalue weighted by molar-refractivity contribution is 7.92. The minimum absolute atomic E-state index is 0.0544. The second kappa shape index (κ2) is 7.86. The highest BCUT2D eigenvalue weighted by Crippen LogP contribution is 2.23. The molecule has 0 unspecified atom stereocenters. The number of hydrogen-bond acceptors (Lipinski definition) is 3. The summed E-state index contributed by atoms with van der Waals surface area (Å²) in [6.07, 6.45) is 2.11. The second-order valence-corrected chi connectivity index (χ2v) is 8.85. The number of nitrogens with zero attached hydrogens (tertiary/aromatic N) is 1. The molecule has 5 nitrogen and oxygen atoms in total. The Morgan fingerprint density at radius 3 is 2.56 bits per heavy atom. The van der Waals surface area contributed by atoms with Gasteiger partial charge in [-0.15, -0.1) is 0 Å². The van der Waals surface area contributed by atoms with Crippen LogP contribution in [0.15, 0.2) is 47.4 Å². The number of hydrogen-bond donors (Lipinski definition) is 1. The van der Waals surface area contributed by atoms with E-state index < -0.39 is 15.8 Å². The van der Waals surface area contributed by atoms with Crippen LogP contribution in [0, 0.1) is 11.7 Å². The first kappa shape index (κ1) is 19.6. The van der Waals surface area contributed by atoms with E-state index in [1.165, 1.54) is 12.1 Å². The van der Waals surface area contributed by atoms with E-state index in [4.69, 9.17) is 11.6 Å². The van der Waals surface area contributed by atoms with Crippen molar-refractivity contribution in [1.29, 1.82) is 0 Å². The van der Waals surface area contributed by atoms with Crippen molar-refractivity contribution in [3.8, 4) is 0 Å². The molecular weight excluding hydrogens is 391 g/mol. The number of likely N-dealkylation sites (tertiary alicyclic amines) is 1. The first-order valence-corrected chi connectivity index (χ1v) is 10.5. The summed E-state index contributed by atoms with van der Waals surface area (Å²) in [6, 6.07) is 9.44. The molecule has 0 aliphatic carbocycles. The molecule has 1 aliphatic rings. The molecule has 0 saturated carbocycles. The zero-order chi connectivity index (χ0) is 19.6. The molecule has 2 aromatic carbocycles. The molecule has 0 aromatic heterocycles. The predicted octanol–water partition coefficient (Wildman–Crippen LogP) is 4.15. The van der Waals surface area contributed by atoms with Gasteiger partial charge in [-0.1, -0.05) is 18.5 Å². The third-order valence-electron chi connectivity index (χ3n) is 4.53. The van der Waals surface area contributed by atoms with Gasteiger partial charge in [0.1, 0.15) is 5.82 Å². The number of amides is 1. The minimum Gasteiger partial charge on any atom is -0.338 e. The van der Waals surface area contributed by atoms with Crippen LogP contribution < -0.4 is 4.72 Å². The summed E-state index contributed by atoms with van der Waals surface area (Å²) in [7, 11) is -3.91. The topological polar surface area (TPSA) is 66.5 Å². The summed E-state index contributed by atoms with van der Waals surface area (Å²) in [5.41, 5.74) is 0.816. The van der Waals surface area contributed by atoms with Crippen LogP contribution in [-0.2, 0) is 10.0 Å². The van der Waals surface area contributed by atoms with Crippen LogP contribution in [0.5, 0.6) is 0 Å². The summed E-state index contributed by atoms with van der Waals surface area (Å²) in [6.45, 7) is 3.60. The number of rotatable bonds is 4. The van der Waals surface area contributed by atoms with E-state index in [-0.39, 0.29) is 15.8 Å². The highest BCUT2D eigenvalue weighted by atomic mass is 35.5. The van der Waals surface area contributed by atoms with Crippen molar-refractivity contribution in [2.24, 2.45) is 5.92 Å². The number of halogens is 2. The lowest BCUT2D eigenvalue weighted by atomic mass is 9.99. The minimum atomic E-state index is -3.91. The third kappa shape index (κ3) is 4.59. The molecule has 144 valence electrons. The van der Waals surface area contributed by atoms with Gasteiger partial charge in [0.2, 0.25) is 0 Å². The molecular formula is C19H20ClFN2O3S. The number of sulfonamides is 1. The third-order valence-corrected chi connectivity index (χ3v) is 6.20. The Bertz CT molecular complexity index is 948. The maximum Gasteiger partial charge on any atom is 0.261 e. The van der Waals surface area contributed by atoms with E-state index in [0.29, 0.717) is 17.2 Å². The van der Waals surface area contributed by atoms with Gasteiger partial charge in [-0.3, -0.25) is 9.52 Å².